The molecule has 0 spiro atoms. The second-order valence-electron chi connectivity index (χ2n) is 5.15. The lowest BCUT2D eigenvalue weighted by Crippen LogP contribution is -2.13. The lowest BCUT2D eigenvalue weighted by molar-refractivity contribution is 0.401. The lowest BCUT2D eigenvalue weighted by Gasteiger charge is -2.15. The van der Waals surface area contributed by atoms with Crippen LogP contribution in [0.1, 0.15) is 18.4 Å². The van der Waals surface area contributed by atoms with Gasteiger partial charge in [-0.25, -0.2) is 8.42 Å². The van der Waals surface area contributed by atoms with E-state index in [-0.39, 0.29) is 0 Å². The van der Waals surface area contributed by atoms with Gasteiger partial charge in [0.1, 0.15) is 0 Å². The Morgan fingerprint density at radius 2 is 2.00 bits per heavy atom. The fraction of sp³-hybridized carbons (Fsp3) is 0.538. The van der Waals surface area contributed by atoms with Crippen LogP contribution in [-0.4, -0.2) is 39.7 Å². The van der Waals surface area contributed by atoms with Crippen molar-refractivity contribution in [1.29, 1.82) is 0 Å². The highest BCUT2D eigenvalue weighted by Crippen LogP contribution is 2.32. The van der Waals surface area contributed by atoms with Gasteiger partial charge >= 0.3 is 0 Å². The van der Waals surface area contributed by atoms with Crippen LogP contribution in [0.2, 0.25) is 0 Å². The van der Waals surface area contributed by atoms with Crippen molar-refractivity contribution >= 4 is 9.84 Å². The number of sulfone groups is 1. The van der Waals surface area contributed by atoms with Crippen LogP contribution in [0.15, 0.2) is 29.2 Å². The van der Waals surface area contributed by atoms with E-state index < -0.39 is 9.84 Å². The zero-order valence-corrected chi connectivity index (χ0v) is 11.4. The van der Waals surface area contributed by atoms with Gasteiger partial charge in [-0.3, -0.25) is 0 Å². The molecule has 0 aliphatic carbocycles. The molecule has 0 bridgehead atoms. The summed E-state index contributed by atoms with van der Waals surface area (Å²) < 4.78 is 23.1. The number of rotatable bonds is 2. The molecule has 1 aromatic carbocycles. The standard InChI is InChI=1S/C13H19NO2S/c1-10-8-14(2)9-13(10)11-5-4-6-12(7-11)17(3,15)16/h4-7,10,13H,8-9H2,1-3H3. The molecule has 0 saturated carbocycles. The fourth-order valence-corrected chi connectivity index (χ4v) is 3.29. The summed E-state index contributed by atoms with van der Waals surface area (Å²) >= 11 is 0. The monoisotopic (exact) mass is 253 g/mol. The number of likely N-dealkylation sites (N-methyl/N-ethyl adjacent to an activating group) is 1. The molecule has 0 aromatic heterocycles. The van der Waals surface area contributed by atoms with E-state index in [4.69, 9.17) is 0 Å². The second kappa shape index (κ2) is 4.42. The van der Waals surface area contributed by atoms with E-state index in [9.17, 15) is 8.42 Å². The molecule has 2 rings (SSSR count). The maximum atomic E-state index is 11.5. The molecule has 94 valence electrons. The predicted molar refractivity (Wildman–Crippen MR) is 69.0 cm³/mol. The van der Waals surface area contributed by atoms with Crippen molar-refractivity contribution in [2.45, 2.75) is 17.7 Å². The maximum absolute atomic E-state index is 11.5. The number of hydrogen-bond acceptors (Lipinski definition) is 3. The molecule has 1 aromatic rings. The number of benzene rings is 1. The molecule has 3 nitrogen and oxygen atoms in total. The fourth-order valence-electron chi connectivity index (χ4n) is 2.62. The van der Waals surface area contributed by atoms with Gasteiger partial charge in [0.2, 0.25) is 0 Å². The SMILES string of the molecule is CC1CN(C)CC1c1cccc(S(C)(=O)=O)c1. The molecule has 1 heterocycles. The lowest BCUT2D eigenvalue weighted by atomic mass is 9.90. The summed E-state index contributed by atoms with van der Waals surface area (Å²) in [5, 5.41) is 0. The molecule has 4 heteroatoms. The zero-order valence-electron chi connectivity index (χ0n) is 10.6. The van der Waals surface area contributed by atoms with Crippen LogP contribution < -0.4 is 0 Å². The predicted octanol–water partition coefficient (Wildman–Crippen LogP) is 1.76. The van der Waals surface area contributed by atoms with Gasteiger partial charge in [0.15, 0.2) is 9.84 Å². The molecule has 1 aliphatic heterocycles. The van der Waals surface area contributed by atoms with Gasteiger partial charge < -0.3 is 4.90 Å². The Kier molecular flexibility index (Phi) is 3.27. The summed E-state index contributed by atoms with van der Waals surface area (Å²) in [5.41, 5.74) is 1.14. The number of nitrogens with zero attached hydrogens (tertiary/aromatic N) is 1. The third-order valence-corrected chi connectivity index (χ3v) is 4.62. The van der Waals surface area contributed by atoms with Gasteiger partial charge in [-0.1, -0.05) is 19.1 Å². The van der Waals surface area contributed by atoms with Crippen molar-refractivity contribution in [3.05, 3.63) is 29.8 Å². The van der Waals surface area contributed by atoms with Crippen LogP contribution >= 0.6 is 0 Å². The average Bonchev–Trinajstić information content (AvgIpc) is 2.57. The smallest absolute Gasteiger partial charge is 0.175 e. The van der Waals surface area contributed by atoms with E-state index in [0.717, 1.165) is 18.7 Å². The van der Waals surface area contributed by atoms with E-state index in [0.29, 0.717) is 16.7 Å². The molecule has 2 unspecified atom stereocenters. The van der Waals surface area contributed by atoms with Crippen LogP contribution in [0.4, 0.5) is 0 Å². The molecular formula is C13H19NO2S. The molecule has 2 atom stereocenters. The van der Waals surface area contributed by atoms with Gasteiger partial charge in [0, 0.05) is 25.3 Å². The Morgan fingerprint density at radius 1 is 1.29 bits per heavy atom. The average molecular weight is 253 g/mol. The van der Waals surface area contributed by atoms with Gasteiger partial charge in [-0.05, 0) is 30.7 Å². The largest absolute Gasteiger partial charge is 0.305 e. The quantitative estimate of drug-likeness (QED) is 0.806. The molecule has 0 N–H and O–H groups in total. The summed E-state index contributed by atoms with van der Waals surface area (Å²) in [6, 6.07) is 7.38. The van der Waals surface area contributed by atoms with Crippen molar-refractivity contribution in [3.63, 3.8) is 0 Å². The van der Waals surface area contributed by atoms with Crippen LogP contribution in [0, 0.1) is 5.92 Å². The van der Waals surface area contributed by atoms with Crippen LogP contribution in [-0.2, 0) is 9.84 Å². The van der Waals surface area contributed by atoms with Gasteiger partial charge in [0.25, 0.3) is 0 Å². The summed E-state index contributed by atoms with van der Waals surface area (Å²) in [4.78, 5) is 2.72. The van der Waals surface area contributed by atoms with Crippen molar-refractivity contribution in [1.82, 2.24) is 4.90 Å². The molecule has 17 heavy (non-hydrogen) atoms. The third-order valence-electron chi connectivity index (χ3n) is 3.51. The minimum Gasteiger partial charge on any atom is -0.305 e. The minimum atomic E-state index is -3.10. The molecular weight excluding hydrogens is 234 g/mol. The zero-order chi connectivity index (χ0) is 12.6. The summed E-state index contributed by atoms with van der Waals surface area (Å²) in [6.07, 6.45) is 1.26. The Labute approximate surface area is 103 Å². The van der Waals surface area contributed by atoms with E-state index in [1.54, 1.807) is 6.07 Å². The van der Waals surface area contributed by atoms with Crippen molar-refractivity contribution in [2.75, 3.05) is 26.4 Å². The first-order valence-electron chi connectivity index (χ1n) is 5.86. The summed E-state index contributed by atoms with van der Waals surface area (Å²) in [5.74, 6) is 1.02. The van der Waals surface area contributed by atoms with E-state index in [1.807, 2.05) is 18.2 Å². The van der Waals surface area contributed by atoms with Gasteiger partial charge in [0.05, 0.1) is 4.90 Å². The third kappa shape index (κ3) is 2.69. The minimum absolute atomic E-state index is 0.428. The van der Waals surface area contributed by atoms with Crippen molar-refractivity contribution in [3.8, 4) is 0 Å². The first kappa shape index (κ1) is 12.6. The summed E-state index contributed by atoms with van der Waals surface area (Å²) in [6.45, 7) is 4.31. The molecule has 0 radical (unpaired) electrons. The van der Waals surface area contributed by atoms with E-state index in [2.05, 4.69) is 18.9 Å². The highest BCUT2D eigenvalue weighted by molar-refractivity contribution is 7.90. The maximum Gasteiger partial charge on any atom is 0.175 e. The van der Waals surface area contributed by atoms with Crippen LogP contribution in [0.25, 0.3) is 0 Å². The molecule has 1 fully saturated rings. The Bertz CT molecular complexity index is 510. The van der Waals surface area contributed by atoms with E-state index >= 15 is 0 Å². The molecule has 1 saturated heterocycles. The first-order valence-corrected chi connectivity index (χ1v) is 7.75. The highest BCUT2D eigenvalue weighted by atomic mass is 32.2. The number of hydrogen-bond donors (Lipinski definition) is 0. The second-order valence-corrected chi connectivity index (χ2v) is 7.17. The highest BCUT2D eigenvalue weighted by Gasteiger charge is 2.28. The molecule has 1 aliphatic rings. The molecule has 0 amide bonds. The topological polar surface area (TPSA) is 37.4 Å². The Hall–Kier alpha value is -0.870. The Balaban J connectivity index is 2.34. The van der Waals surface area contributed by atoms with Crippen molar-refractivity contribution < 1.29 is 8.42 Å². The number of likely N-dealkylation sites (tertiary alicyclic amines) is 1. The summed E-state index contributed by atoms with van der Waals surface area (Å²) in [7, 11) is -0.991. The normalized spacial score (nSPS) is 26.3. The van der Waals surface area contributed by atoms with Crippen LogP contribution in [0.3, 0.4) is 0 Å². The van der Waals surface area contributed by atoms with Gasteiger partial charge in [-0.15, -0.1) is 0 Å². The van der Waals surface area contributed by atoms with E-state index in [1.165, 1.54) is 6.26 Å². The Morgan fingerprint density at radius 3 is 2.53 bits per heavy atom. The van der Waals surface area contributed by atoms with Crippen LogP contribution in [0.5, 0.6) is 0 Å². The first-order chi connectivity index (χ1) is 7.88. The van der Waals surface area contributed by atoms with Gasteiger partial charge in [-0.2, -0.15) is 0 Å². The van der Waals surface area contributed by atoms with Crippen molar-refractivity contribution in [2.24, 2.45) is 5.92 Å².